The first-order valence-corrected chi connectivity index (χ1v) is 9.75. The Balaban J connectivity index is 1.66. The number of carbonyl (C=O) groups is 2. The molecule has 0 fully saturated rings. The minimum absolute atomic E-state index is 0.185. The van der Waals surface area contributed by atoms with Crippen molar-refractivity contribution in [2.75, 3.05) is 6.54 Å². The van der Waals surface area contributed by atoms with Crippen LogP contribution in [-0.2, 0) is 0 Å². The van der Waals surface area contributed by atoms with Gasteiger partial charge in [0.05, 0.1) is 12.3 Å². The number of nitrogens with one attached hydrogen (secondary N) is 3. The summed E-state index contributed by atoms with van der Waals surface area (Å²) in [4.78, 5) is 24.5. The second-order valence-electron chi connectivity index (χ2n) is 6.19. The van der Waals surface area contributed by atoms with Crippen LogP contribution >= 0.6 is 23.2 Å². The molecule has 0 saturated heterocycles. The van der Waals surface area contributed by atoms with Gasteiger partial charge >= 0.3 is 0 Å². The second kappa shape index (κ2) is 10.5. The van der Waals surface area contributed by atoms with Gasteiger partial charge in [-0.05, 0) is 54.1 Å². The summed E-state index contributed by atoms with van der Waals surface area (Å²) in [5.41, 5.74) is 10.2. The van der Waals surface area contributed by atoms with E-state index in [0.29, 0.717) is 26.9 Å². The minimum Gasteiger partial charge on any atom is -0.287 e. The van der Waals surface area contributed by atoms with E-state index >= 15 is 0 Å². The number of halogens is 2. The molecule has 3 aromatic carbocycles. The molecule has 0 aromatic heterocycles. The lowest BCUT2D eigenvalue weighted by molar-refractivity contribution is 0.0931. The molecule has 0 atom stereocenters. The van der Waals surface area contributed by atoms with Crippen LogP contribution in [0.3, 0.4) is 0 Å². The highest BCUT2D eigenvalue weighted by molar-refractivity contribution is 6.31. The van der Waals surface area contributed by atoms with Crippen molar-refractivity contribution in [3.05, 3.63) is 106 Å². The molecule has 0 heterocycles. The van der Waals surface area contributed by atoms with Crippen LogP contribution in [0, 0.1) is 0 Å². The fourth-order valence-corrected chi connectivity index (χ4v) is 2.75. The fourth-order valence-electron chi connectivity index (χ4n) is 2.50. The third-order valence-corrected chi connectivity index (χ3v) is 4.57. The summed E-state index contributed by atoms with van der Waals surface area (Å²) in [6.45, 7) is 0.185. The van der Waals surface area contributed by atoms with Crippen molar-refractivity contribution in [3.8, 4) is 0 Å². The molecule has 6 nitrogen and oxygen atoms in total. The van der Waals surface area contributed by atoms with Crippen molar-refractivity contribution in [1.29, 1.82) is 0 Å². The first-order chi connectivity index (χ1) is 14.5. The normalized spacial score (nSPS) is 11.1. The van der Waals surface area contributed by atoms with Gasteiger partial charge in [-0.25, -0.2) is 10.9 Å². The summed E-state index contributed by atoms with van der Waals surface area (Å²) < 4.78 is 0. The van der Waals surface area contributed by atoms with E-state index in [1.165, 1.54) is 0 Å². The van der Waals surface area contributed by atoms with Crippen LogP contribution in [0.5, 0.6) is 0 Å². The first-order valence-electron chi connectivity index (χ1n) is 8.99. The van der Waals surface area contributed by atoms with Crippen LogP contribution in [0.15, 0.2) is 84.0 Å². The Hall–Kier alpha value is -3.19. The van der Waals surface area contributed by atoms with E-state index in [9.17, 15) is 9.59 Å². The lowest BCUT2D eigenvalue weighted by atomic mass is 10.1. The Morgan fingerprint density at radius 2 is 1.23 bits per heavy atom. The molecule has 0 spiro atoms. The maximum Gasteiger partial charge on any atom is 0.271 e. The topological polar surface area (TPSA) is 82.6 Å². The molecule has 3 aromatic rings. The number of rotatable bonds is 7. The van der Waals surface area contributed by atoms with Crippen LogP contribution in [0.25, 0.3) is 0 Å². The van der Waals surface area contributed by atoms with Gasteiger partial charge in [0.2, 0.25) is 0 Å². The van der Waals surface area contributed by atoms with Crippen molar-refractivity contribution in [3.63, 3.8) is 0 Å². The molecule has 0 aliphatic heterocycles. The summed E-state index contributed by atoms with van der Waals surface area (Å²) in [5.74, 6) is -0.686. The van der Waals surface area contributed by atoms with Gasteiger partial charge in [0.15, 0.2) is 0 Å². The van der Waals surface area contributed by atoms with Crippen molar-refractivity contribution < 1.29 is 9.59 Å². The zero-order chi connectivity index (χ0) is 21.3. The van der Waals surface area contributed by atoms with Crippen molar-refractivity contribution >= 4 is 40.7 Å². The molecule has 3 rings (SSSR count). The van der Waals surface area contributed by atoms with Gasteiger partial charge in [-0.2, -0.15) is 5.10 Å². The van der Waals surface area contributed by atoms with Gasteiger partial charge in [-0.15, -0.1) is 0 Å². The molecule has 2 amide bonds. The Kier molecular flexibility index (Phi) is 7.57. The van der Waals surface area contributed by atoms with Gasteiger partial charge in [-0.1, -0.05) is 53.5 Å². The maximum absolute atomic E-state index is 12.3. The van der Waals surface area contributed by atoms with Crippen LogP contribution in [-0.4, -0.2) is 24.1 Å². The van der Waals surface area contributed by atoms with Crippen LogP contribution in [0.4, 0.5) is 0 Å². The number of carbonyl (C=O) groups excluding carboxylic acids is 2. The standard InChI is InChI=1S/C22H18Cl2N4O2/c23-18-10-6-16(7-11-18)21(29)27-25-14-20(15-4-2-1-3-5-15)26-28-22(30)17-8-12-19(24)13-9-17/h1-13,25H,14H2,(H,27,29)(H,28,30). The number of benzene rings is 3. The Labute approximate surface area is 183 Å². The number of hydrazone groups is 1. The zero-order valence-corrected chi connectivity index (χ0v) is 17.2. The van der Waals surface area contributed by atoms with E-state index in [1.807, 2.05) is 30.3 Å². The lowest BCUT2D eigenvalue weighted by Gasteiger charge is -2.11. The first kappa shape index (κ1) is 21.5. The van der Waals surface area contributed by atoms with Gasteiger partial charge in [0.25, 0.3) is 11.8 Å². The molecular formula is C22H18Cl2N4O2. The number of amides is 2. The lowest BCUT2D eigenvalue weighted by Crippen LogP contribution is -2.41. The molecule has 3 N–H and O–H groups in total. The Morgan fingerprint density at radius 1 is 0.700 bits per heavy atom. The highest BCUT2D eigenvalue weighted by Gasteiger charge is 2.09. The average Bonchev–Trinajstić information content (AvgIpc) is 2.77. The molecule has 0 aliphatic rings. The minimum atomic E-state index is -0.370. The number of hydrogen-bond donors (Lipinski definition) is 3. The third-order valence-electron chi connectivity index (χ3n) is 4.07. The monoisotopic (exact) mass is 440 g/mol. The van der Waals surface area contributed by atoms with Crippen molar-refractivity contribution in [2.45, 2.75) is 0 Å². The van der Waals surface area contributed by atoms with E-state index in [4.69, 9.17) is 23.2 Å². The predicted molar refractivity (Wildman–Crippen MR) is 119 cm³/mol. The highest BCUT2D eigenvalue weighted by atomic mass is 35.5. The van der Waals surface area contributed by atoms with Crippen LogP contribution in [0.2, 0.25) is 10.0 Å². The fraction of sp³-hybridized carbons (Fsp3) is 0.0455. The Morgan fingerprint density at radius 3 is 1.80 bits per heavy atom. The summed E-state index contributed by atoms with van der Waals surface area (Å²) in [5, 5.41) is 5.32. The summed E-state index contributed by atoms with van der Waals surface area (Å²) in [6, 6.07) is 22.3. The summed E-state index contributed by atoms with van der Waals surface area (Å²) >= 11 is 11.7. The second-order valence-corrected chi connectivity index (χ2v) is 7.06. The number of nitrogens with zero attached hydrogens (tertiary/aromatic N) is 1. The third kappa shape index (κ3) is 6.15. The van der Waals surface area contributed by atoms with E-state index in [2.05, 4.69) is 21.4 Å². The van der Waals surface area contributed by atoms with E-state index in [1.54, 1.807) is 48.5 Å². The highest BCUT2D eigenvalue weighted by Crippen LogP contribution is 2.10. The van der Waals surface area contributed by atoms with Crippen LogP contribution in [0.1, 0.15) is 26.3 Å². The average molecular weight is 441 g/mol. The SMILES string of the molecule is O=C(NN=C(CNNC(=O)c1ccc(Cl)cc1)c1ccccc1)c1ccc(Cl)cc1. The van der Waals surface area contributed by atoms with Gasteiger partial charge in [0, 0.05) is 21.2 Å². The van der Waals surface area contributed by atoms with Crippen molar-refractivity contribution in [1.82, 2.24) is 16.3 Å². The predicted octanol–water partition coefficient (Wildman–Crippen LogP) is 4.06. The molecule has 0 unspecified atom stereocenters. The van der Waals surface area contributed by atoms with E-state index < -0.39 is 0 Å². The number of hydrazine groups is 1. The summed E-state index contributed by atoms with van der Waals surface area (Å²) in [7, 11) is 0. The molecule has 0 radical (unpaired) electrons. The van der Waals surface area contributed by atoms with Gasteiger partial charge < -0.3 is 0 Å². The van der Waals surface area contributed by atoms with E-state index in [-0.39, 0.29) is 18.4 Å². The quantitative estimate of drug-likeness (QED) is 0.382. The molecule has 152 valence electrons. The smallest absolute Gasteiger partial charge is 0.271 e. The van der Waals surface area contributed by atoms with Crippen LogP contribution < -0.4 is 16.3 Å². The molecule has 0 bridgehead atoms. The Bertz CT molecular complexity index is 1040. The largest absolute Gasteiger partial charge is 0.287 e. The van der Waals surface area contributed by atoms with Gasteiger partial charge in [-0.3, -0.25) is 15.0 Å². The van der Waals surface area contributed by atoms with Crippen molar-refractivity contribution in [2.24, 2.45) is 5.10 Å². The summed E-state index contributed by atoms with van der Waals surface area (Å²) in [6.07, 6.45) is 0. The maximum atomic E-state index is 12.3. The van der Waals surface area contributed by atoms with E-state index in [0.717, 1.165) is 5.56 Å². The number of hydrogen-bond acceptors (Lipinski definition) is 4. The zero-order valence-electron chi connectivity index (χ0n) is 15.7. The molecular weight excluding hydrogens is 423 g/mol. The van der Waals surface area contributed by atoms with Gasteiger partial charge in [0.1, 0.15) is 0 Å². The molecule has 30 heavy (non-hydrogen) atoms. The molecule has 0 saturated carbocycles. The molecule has 8 heteroatoms. The molecule has 0 aliphatic carbocycles.